The topological polar surface area (TPSA) is 71.3 Å². The van der Waals surface area contributed by atoms with E-state index in [0.29, 0.717) is 21.5 Å². The summed E-state index contributed by atoms with van der Waals surface area (Å²) in [6, 6.07) is 11.9. The highest BCUT2D eigenvalue weighted by Gasteiger charge is 2.12. The van der Waals surface area contributed by atoms with Gasteiger partial charge in [-0.15, -0.1) is 0 Å². The summed E-state index contributed by atoms with van der Waals surface area (Å²) < 4.78 is 10.5. The van der Waals surface area contributed by atoms with E-state index in [2.05, 4.69) is 5.32 Å². The molecule has 2 rings (SSSR count). The number of rotatable bonds is 7. The predicted octanol–water partition coefficient (Wildman–Crippen LogP) is 4.79. The van der Waals surface area contributed by atoms with E-state index in [1.165, 1.54) is 13.2 Å². The normalized spacial score (nSPS) is 11.7. The van der Waals surface area contributed by atoms with Crippen molar-refractivity contribution in [2.75, 3.05) is 13.7 Å². The molecular weight excluding hydrogens is 387 g/mol. The maximum absolute atomic E-state index is 12.2. The smallest absolute Gasteiger partial charge is 0.244 e. The molecule has 0 heterocycles. The van der Waals surface area contributed by atoms with Crippen LogP contribution in [0.25, 0.3) is 6.08 Å². The number of benzene rings is 2. The lowest BCUT2D eigenvalue weighted by Gasteiger charge is -2.14. The van der Waals surface area contributed by atoms with Crippen LogP contribution in [0.4, 0.5) is 0 Å². The van der Waals surface area contributed by atoms with Gasteiger partial charge < -0.3 is 14.8 Å². The number of nitrogens with zero attached hydrogens (tertiary/aromatic N) is 1. The quantitative estimate of drug-likeness (QED) is 0.672. The van der Waals surface area contributed by atoms with Gasteiger partial charge in [0, 0.05) is 16.1 Å². The molecule has 2 aromatic carbocycles. The van der Waals surface area contributed by atoms with Gasteiger partial charge in [0.05, 0.1) is 13.2 Å². The molecule has 1 atom stereocenters. The number of ether oxygens (including phenoxy) is 2. The van der Waals surface area contributed by atoms with Crippen LogP contribution in [0.15, 0.2) is 42.5 Å². The summed E-state index contributed by atoms with van der Waals surface area (Å²) in [6.07, 6.45) is 3.08. The van der Waals surface area contributed by atoms with E-state index in [9.17, 15) is 4.79 Å². The Balaban J connectivity index is 2.04. The monoisotopic (exact) mass is 404 g/mol. The van der Waals surface area contributed by atoms with Gasteiger partial charge in [-0.1, -0.05) is 35.3 Å². The minimum Gasteiger partial charge on any atom is -0.493 e. The van der Waals surface area contributed by atoms with Gasteiger partial charge in [-0.3, -0.25) is 4.79 Å². The molecule has 140 valence electrons. The highest BCUT2D eigenvalue weighted by molar-refractivity contribution is 6.35. The number of amides is 1. The van der Waals surface area contributed by atoms with Crippen molar-refractivity contribution in [3.8, 4) is 17.6 Å². The van der Waals surface area contributed by atoms with Crippen molar-refractivity contribution in [2.24, 2.45) is 0 Å². The van der Waals surface area contributed by atoms with Gasteiger partial charge in [-0.25, -0.2) is 0 Å². The third-order valence-electron chi connectivity index (χ3n) is 3.69. The zero-order valence-electron chi connectivity index (χ0n) is 14.8. The van der Waals surface area contributed by atoms with Crippen LogP contribution in [0, 0.1) is 11.3 Å². The first-order valence-corrected chi connectivity index (χ1v) is 8.81. The Bertz CT molecular complexity index is 891. The molecule has 0 saturated carbocycles. The molecule has 0 bridgehead atoms. The third-order valence-corrected chi connectivity index (χ3v) is 4.26. The van der Waals surface area contributed by atoms with Crippen molar-refractivity contribution >= 4 is 35.2 Å². The minimum atomic E-state index is -0.275. The highest BCUT2D eigenvalue weighted by Crippen LogP contribution is 2.29. The zero-order valence-corrected chi connectivity index (χ0v) is 16.3. The molecule has 7 heteroatoms. The number of methoxy groups -OCH3 is 1. The molecule has 1 N–H and O–H groups in total. The van der Waals surface area contributed by atoms with E-state index in [-0.39, 0.29) is 18.6 Å². The summed E-state index contributed by atoms with van der Waals surface area (Å²) >= 11 is 12.1. The summed E-state index contributed by atoms with van der Waals surface area (Å²) in [5, 5.41) is 12.5. The maximum Gasteiger partial charge on any atom is 0.244 e. The summed E-state index contributed by atoms with van der Waals surface area (Å²) in [7, 11) is 1.51. The van der Waals surface area contributed by atoms with Gasteiger partial charge in [0.25, 0.3) is 0 Å². The lowest BCUT2D eigenvalue weighted by molar-refractivity contribution is -0.117. The first kappa shape index (κ1) is 20.6. The van der Waals surface area contributed by atoms with E-state index in [1.807, 2.05) is 13.0 Å². The molecular formula is C20H18Cl2N2O3. The number of halogens is 2. The molecule has 1 amide bonds. The van der Waals surface area contributed by atoms with Gasteiger partial charge in [-0.2, -0.15) is 5.26 Å². The summed E-state index contributed by atoms with van der Waals surface area (Å²) in [5.41, 5.74) is 1.53. The van der Waals surface area contributed by atoms with E-state index in [0.717, 1.165) is 11.1 Å². The van der Waals surface area contributed by atoms with E-state index < -0.39 is 0 Å². The second kappa shape index (κ2) is 9.86. The fraction of sp³-hybridized carbons (Fsp3) is 0.200. The highest BCUT2D eigenvalue weighted by atomic mass is 35.5. The van der Waals surface area contributed by atoms with Gasteiger partial charge in [0.1, 0.15) is 6.07 Å². The van der Waals surface area contributed by atoms with Gasteiger partial charge in [-0.05, 0) is 48.4 Å². The number of carbonyl (C=O) groups excluding carboxylic acids is 1. The average molecular weight is 405 g/mol. The van der Waals surface area contributed by atoms with Gasteiger partial charge in [0.15, 0.2) is 18.1 Å². The molecule has 0 aliphatic rings. The fourth-order valence-electron chi connectivity index (χ4n) is 2.38. The molecule has 0 spiro atoms. The Morgan fingerprint density at radius 3 is 2.70 bits per heavy atom. The Kier molecular flexibility index (Phi) is 7.54. The molecule has 1 unspecified atom stereocenters. The number of nitriles is 1. The standard InChI is InChI=1S/C20H18Cl2N2O3/c1-13(16-6-5-15(21)12-17(16)22)24-20(25)8-4-14-3-7-18(27-10-9-23)19(11-14)26-2/h3-8,11-13H,10H2,1-2H3,(H,24,25)/b8-4+. The van der Waals surface area contributed by atoms with Crippen molar-refractivity contribution in [1.29, 1.82) is 5.26 Å². The Labute approximate surface area is 168 Å². The van der Waals surface area contributed by atoms with Crippen LogP contribution in [-0.2, 0) is 4.79 Å². The average Bonchev–Trinajstić information content (AvgIpc) is 2.64. The second-order valence-corrected chi connectivity index (χ2v) is 6.43. The number of carbonyl (C=O) groups is 1. The van der Waals surface area contributed by atoms with Crippen LogP contribution in [0.5, 0.6) is 11.5 Å². The fourth-order valence-corrected chi connectivity index (χ4v) is 2.95. The molecule has 2 aromatic rings. The molecule has 0 radical (unpaired) electrons. The number of hydrogen-bond donors (Lipinski definition) is 1. The summed E-state index contributed by atoms with van der Waals surface area (Å²) in [5.74, 6) is 0.679. The molecule has 5 nitrogen and oxygen atoms in total. The van der Waals surface area contributed by atoms with Crippen LogP contribution in [0.3, 0.4) is 0 Å². The molecule has 0 aliphatic heterocycles. The molecule has 0 aliphatic carbocycles. The van der Waals surface area contributed by atoms with Gasteiger partial charge in [0.2, 0.25) is 5.91 Å². The van der Waals surface area contributed by atoms with E-state index in [4.69, 9.17) is 37.9 Å². The van der Waals surface area contributed by atoms with E-state index in [1.54, 1.807) is 42.5 Å². The van der Waals surface area contributed by atoms with Crippen molar-refractivity contribution in [3.05, 3.63) is 63.6 Å². The Morgan fingerprint density at radius 1 is 1.26 bits per heavy atom. The van der Waals surface area contributed by atoms with Crippen molar-refractivity contribution in [3.63, 3.8) is 0 Å². The first-order chi connectivity index (χ1) is 12.9. The van der Waals surface area contributed by atoms with Crippen LogP contribution < -0.4 is 14.8 Å². The van der Waals surface area contributed by atoms with Crippen LogP contribution in [0.2, 0.25) is 10.0 Å². The minimum absolute atomic E-state index is 0.0703. The van der Waals surface area contributed by atoms with Crippen LogP contribution in [0.1, 0.15) is 24.1 Å². The predicted molar refractivity (Wildman–Crippen MR) is 106 cm³/mol. The number of nitrogens with one attached hydrogen (secondary N) is 1. The van der Waals surface area contributed by atoms with Crippen molar-refractivity contribution in [1.82, 2.24) is 5.32 Å². The van der Waals surface area contributed by atoms with E-state index >= 15 is 0 Å². The molecule has 0 aromatic heterocycles. The molecule has 0 fully saturated rings. The lowest BCUT2D eigenvalue weighted by Crippen LogP contribution is -2.24. The van der Waals surface area contributed by atoms with Crippen LogP contribution >= 0.6 is 23.2 Å². The van der Waals surface area contributed by atoms with Gasteiger partial charge >= 0.3 is 0 Å². The maximum atomic E-state index is 12.2. The lowest BCUT2D eigenvalue weighted by atomic mass is 10.1. The number of hydrogen-bond acceptors (Lipinski definition) is 4. The zero-order chi connectivity index (χ0) is 19.8. The molecule has 0 saturated heterocycles. The molecule has 27 heavy (non-hydrogen) atoms. The third kappa shape index (κ3) is 5.92. The van der Waals surface area contributed by atoms with Crippen LogP contribution in [-0.4, -0.2) is 19.6 Å². The Hall–Kier alpha value is -2.68. The SMILES string of the molecule is COc1cc(/C=C/C(=O)NC(C)c2ccc(Cl)cc2Cl)ccc1OCC#N. The first-order valence-electron chi connectivity index (χ1n) is 8.06. The second-order valence-electron chi connectivity index (χ2n) is 5.59. The summed E-state index contributed by atoms with van der Waals surface area (Å²) in [4.78, 5) is 12.2. The summed E-state index contributed by atoms with van der Waals surface area (Å²) in [6.45, 7) is 1.77. The van der Waals surface area contributed by atoms with Crippen molar-refractivity contribution < 1.29 is 14.3 Å². The Morgan fingerprint density at radius 2 is 2.04 bits per heavy atom. The largest absolute Gasteiger partial charge is 0.493 e. The van der Waals surface area contributed by atoms with Crippen molar-refractivity contribution in [2.45, 2.75) is 13.0 Å².